The second-order valence-electron chi connectivity index (χ2n) is 7.53. The molecule has 0 unspecified atom stereocenters. The molecule has 0 bridgehead atoms. The molecule has 1 fully saturated rings. The van der Waals surface area contributed by atoms with Gasteiger partial charge >= 0.3 is 0 Å². The molecule has 29 heavy (non-hydrogen) atoms. The first-order valence-electron chi connectivity index (χ1n) is 9.32. The Labute approximate surface area is 168 Å². The molecule has 1 aromatic heterocycles. The molecule has 0 atom stereocenters. The van der Waals surface area contributed by atoms with Crippen molar-refractivity contribution in [3.63, 3.8) is 0 Å². The zero-order valence-electron chi connectivity index (χ0n) is 16.2. The second-order valence-corrected chi connectivity index (χ2v) is 9.55. The van der Waals surface area contributed by atoms with Gasteiger partial charge in [0, 0.05) is 17.2 Å². The van der Waals surface area contributed by atoms with E-state index < -0.39 is 15.7 Å². The summed E-state index contributed by atoms with van der Waals surface area (Å²) in [6.07, 6.45) is 5.84. The molecule has 0 amide bonds. The number of ether oxygens (including phenoxy) is 1. The van der Waals surface area contributed by atoms with E-state index in [1.54, 1.807) is 36.0 Å². The highest BCUT2D eigenvalue weighted by Gasteiger charge is 2.25. The largest absolute Gasteiger partial charge is 0.493 e. The number of hydrogen-bond acceptors (Lipinski definition) is 4. The molecule has 0 aliphatic heterocycles. The molecule has 0 N–H and O–H groups in total. The van der Waals surface area contributed by atoms with Crippen molar-refractivity contribution in [1.29, 1.82) is 0 Å². The lowest BCUT2D eigenvalue weighted by Crippen LogP contribution is -2.33. The summed E-state index contributed by atoms with van der Waals surface area (Å²) in [7, 11) is -1.73. The van der Waals surface area contributed by atoms with E-state index in [0.29, 0.717) is 52.2 Å². The molecule has 1 saturated carbocycles. The maximum atomic E-state index is 13.9. The van der Waals surface area contributed by atoms with Crippen molar-refractivity contribution in [2.24, 2.45) is 13.0 Å². The van der Waals surface area contributed by atoms with Crippen molar-refractivity contribution in [2.75, 3.05) is 12.9 Å². The zero-order chi connectivity index (χ0) is 20.8. The summed E-state index contributed by atoms with van der Waals surface area (Å²) in [5.41, 5.74) is 1.60. The van der Waals surface area contributed by atoms with Crippen LogP contribution < -0.4 is 9.30 Å². The van der Waals surface area contributed by atoms with E-state index in [1.807, 2.05) is 0 Å². The van der Waals surface area contributed by atoms with E-state index in [9.17, 15) is 17.6 Å². The van der Waals surface area contributed by atoms with Gasteiger partial charge in [0.1, 0.15) is 18.6 Å². The third-order valence-electron chi connectivity index (χ3n) is 5.20. The van der Waals surface area contributed by atoms with Gasteiger partial charge in [-0.1, -0.05) is 6.07 Å². The van der Waals surface area contributed by atoms with Gasteiger partial charge in [-0.2, -0.15) is 4.57 Å². The van der Waals surface area contributed by atoms with Gasteiger partial charge in [0.05, 0.1) is 22.5 Å². The smallest absolute Gasteiger partial charge is 0.253 e. The van der Waals surface area contributed by atoms with Crippen molar-refractivity contribution in [3.8, 4) is 16.9 Å². The molecule has 4 rings (SSSR count). The predicted octanol–water partition coefficient (Wildman–Crippen LogP) is 3.48. The Morgan fingerprint density at radius 2 is 1.90 bits per heavy atom. The van der Waals surface area contributed by atoms with E-state index in [4.69, 9.17) is 4.74 Å². The Morgan fingerprint density at radius 1 is 1.14 bits per heavy atom. The Bertz CT molecular complexity index is 1230. The molecule has 0 spiro atoms. The summed E-state index contributed by atoms with van der Waals surface area (Å²) in [5.74, 6) is 0.637. The lowest BCUT2D eigenvalue weighted by Gasteiger charge is -2.14. The van der Waals surface area contributed by atoms with E-state index in [1.165, 1.54) is 18.2 Å². The second kappa shape index (κ2) is 7.22. The van der Waals surface area contributed by atoms with Crippen molar-refractivity contribution < 1.29 is 26.9 Å². The van der Waals surface area contributed by atoms with Crippen molar-refractivity contribution in [3.05, 3.63) is 54.1 Å². The van der Waals surface area contributed by atoms with Crippen LogP contribution in [0.4, 0.5) is 4.39 Å². The topological polar surface area (TPSA) is 64.3 Å². The van der Waals surface area contributed by atoms with Crippen LogP contribution in [-0.4, -0.2) is 27.6 Å². The number of carbonyl (C=O) groups is 1. The fourth-order valence-corrected chi connectivity index (χ4v) is 4.06. The average molecular weight is 414 g/mol. The van der Waals surface area contributed by atoms with E-state index in [0.717, 1.165) is 19.1 Å². The number of pyridine rings is 1. The lowest BCUT2D eigenvalue weighted by atomic mass is 9.98. The molecule has 150 valence electrons. The van der Waals surface area contributed by atoms with Crippen LogP contribution in [0.2, 0.25) is 0 Å². The number of halogens is 1. The summed E-state index contributed by atoms with van der Waals surface area (Å²) in [4.78, 5) is 11.8. The molecule has 1 aliphatic carbocycles. The highest BCUT2D eigenvalue weighted by molar-refractivity contribution is 7.90. The number of aryl methyl sites for hydroxylation is 1. The summed E-state index contributed by atoms with van der Waals surface area (Å²) in [6.45, 7) is 0.566. The molecule has 3 aromatic rings. The first-order chi connectivity index (χ1) is 13.8. The highest BCUT2D eigenvalue weighted by Crippen LogP contribution is 2.38. The fourth-order valence-electron chi connectivity index (χ4n) is 3.42. The third-order valence-corrected chi connectivity index (χ3v) is 6.31. The average Bonchev–Trinajstić information content (AvgIpc) is 3.49. The Hall–Kier alpha value is -2.80. The summed E-state index contributed by atoms with van der Waals surface area (Å²) < 4.78 is 45.8. The van der Waals surface area contributed by atoms with Gasteiger partial charge in [0.25, 0.3) is 5.69 Å². The molecule has 7 heteroatoms. The third kappa shape index (κ3) is 3.87. The maximum absolute atomic E-state index is 13.9. The summed E-state index contributed by atoms with van der Waals surface area (Å²) in [6, 6.07) is 9.01. The number of nitrogens with zero attached hydrogens (tertiary/aromatic N) is 1. The van der Waals surface area contributed by atoms with Crippen LogP contribution in [0.1, 0.15) is 23.3 Å². The lowest BCUT2D eigenvalue weighted by molar-refractivity contribution is -0.671. The van der Waals surface area contributed by atoms with Gasteiger partial charge in [0.15, 0.2) is 16.0 Å². The highest BCUT2D eigenvalue weighted by atomic mass is 32.2. The molecule has 0 saturated heterocycles. The minimum Gasteiger partial charge on any atom is -0.493 e. The number of sulfone groups is 1. The first kappa shape index (κ1) is 19.5. The van der Waals surface area contributed by atoms with E-state index in [2.05, 4.69) is 0 Å². The van der Waals surface area contributed by atoms with Crippen LogP contribution in [0.15, 0.2) is 47.5 Å². The van der Waals surface area contributed by atoms with Gasteiger partial charge in [-0.15, -0.1) is 0 Å². The summed E-state index contributed by atoms with van der Waals surface area (Å²) >= 11 is 0. The standard InChI is InChI=1S/C22H21FNO4S/c1-24-11-20(17-7-5-15(23)9-18(17)21(24)12-25)19-10-16(29(2,26)27)6-8-22(19)28-13-14-3-4-14/h5-12,14H,3-4,13H2,1-2H3/q+1. The van der Waals surface area contributed by atoms with Crippen molar-refractivity contribution in [1.82, 2.24) is 0 Å². The normalized spacial score (nSPS) is 14.2. The first-order valence-corrected chi connectivity index (χ1v) is 11.2. The zero-order valence-corrected chi connectivity index (χ0v) is 17.0. The van der Waals surface area contributed by atoms with Gasteiger partial charge in [-0.25, -0.2) is 12.8 Å². The molecule has 5 nitrogen and oxygen atoms in total. The van der Waals surface area contributed by atoms with Gasteiger partial charge in [-0.3, -0.25) is 4.79 Å². The van der Waals surface area contributed by atoms with Crippen LogP contribution in [0, 0.1) is 11.7 Å². The number of aromatic nitrogens is 1. The monoisotopic (exact) mass is 414 g/mol. The fraction of sp³-hybridized carbons (Fsp3) is 0.273. The SMILES string of the molecule is C[n+]1cc(-c2cc(S(C)(=O)=O)ccc2OCC2CC2)c2ccc(F)cc2c1C=O. The Morgan fingerprint density at radius 3 is 2.55 bits per heavy atom. The number of benzene rings is 2. The van der Waals surface area contributed by atoms with Crippen LogP contribution in [0.5, 0.6) is 5.75 Å². The number of carbonyl (C=O) groups excluding carboxylic acids is 1. The molecule has 0 radical (unpaired) electrons. The molecule has 1 heterocycles. The number of hydrogen-bond donors (Lipinski definition) is 0. The van der Waals surface area contributed by atoms with Crippen LogP contribution in [0.25, 0.3) is 21.9 Å². The number of rotatable bonds is 6. The number of fused-ring (bicyclic) bond motifs is 1. The van der Waals surface area contributed by atoms with Gasteiger partial charge in [0.2, 0.25) is 6.29 Å². The van der Waals surface area contributed by atoms with Gasteiger partial charge in [-0.05, 0) is 49.1 Å². The Balaban J connectivity index is 1.99. The van der Waals surface area contributed by atoms with Crippen molar-refractivity contribution >= 4 is 26.9 Å². The molecular formula is C22H21FNO4S+. The minimum absolute atomic E-state index is 0.170. The van der Waals surface area contributed by atoms with Crippen molar-refractivity contribution in [2.45, 2.75) is 17.7 Å². The summed E-state index contributed by atoms with van der Waals surface area (Å²) in [5, 5.41) is 1.10. The number of aldehydes is 1. The predicted molar refractivity (Wildman–Crippen MR) is 107 cm³/mol. The van der Waals surface area contributed by atoms with Gasteiger partial charge < -0.3 is 4.74 Å². The molecule has 1 aliphatic rings. The van der Waals surface area contributed by atoms with Crippen LogP contribution >= 0.6 is 0 Å². The molecular weight excluding hydrogens is 393 g/mol. The minimum atomic E-state index is -3.43. The maximum Gasteiger partial charge on any atom is 0.253 e. The van der Waals surface area contributed by atoms with E-state index in [-0.39, 0.29) is 4.90 Å². The quantitative estimate of drug-likeness (QED) is 0.458. The Kier molecular flexibility index (Phi) is 4.86. The van der Waals surface area contributed by atoms with Crippen LogP contribution in [-0.2, 0) is 16.9 Å². The molecule has 2 aromatic carbocycles. The van der Waals surface area contributed by atoms with Crippen LogP contribution in [0.3, 0.4) is 0 Å². The van der Waals surface area contributed by atoms with E-state index >= 15 is 0 Å².